The highest BCUT2D eigenvalue weighted by molar-refractivity contribution is 5.45. The van der Waals surface area contributed by atoms with Crippen LogP contribution in [0.25, 0.3) is 0 Å². The highest BCUT2D eigenvalue weighted by Crippen LogP contribution is 2.29. The van der Waals surface area contributed by atoms with Crippen LogP contribution in [0.15, 0.2) is 70.6 Å². The lowest BCUT2D eigenvalue weighted by molar-refractivity contribution is 0.0774. The molecular weight excluding hydrogens is 360 g/mol. The molecule has 0 aromatic carbocycles. The minimum atomic E-state index is -0.107. The van der Waals surface area contributed by atoms with Crippen LogP contribution in [0.4, 0.5) is 0 Å². The smallest absolute Gasteiger partial charge is 0.114 e. The maximum Gasteiger partial charge on any atom is 0.114 e. The minimum Gasteiger partial charge on any atom is -0.508 e. The lowest BCUT2D eigenvalue weighted by Crippen LogP contribution is -2.10. The molecule has 2 atom stereocenters. The molecule has 0 amide bonds. The van der Waals surface area contributed by atoms with Gasteiger partial charge in [0.2, 0.25) is 0 Å². The first-order chi connectivity index (χ1) is 13.9. The van der Waals surface area contributed by atoms with E-state index >= 15 is 0 Å². The van der Waals surface area contributed by atoms with Crippen molar-refractivity contribution in [2.24, 2.45) is 5.92 Å². The summed E-state index contributed by atoms with van der Waals surface area (Å²) in [5.74, 6) is 0.803. The van der Waals surface area contributed by atoms with Crippen LogP contribution < -0.4 is 0 Å². The predicted molar refractivity (Wildman–Crippen MR) is 124 cm³/mol. The Morgan fingerprint density at radius 2 is 2.03 bits per heavy atom. The summed E-state index contributed by atoms with van der Waals surface area (Å²) in [7, 11) is 0. The van der Waals surface area contributed by atoms with Crippen LogP contribution in [0.5, 0.6) is 0 Å². The highest BCUT2D eigenvalue weighted by Gasteiger charge is 2.14. The first kappa shape index (κ1) is 25.2. The molecule has 0 saturated heterocycles. The van der Waals surface area contributed by atoms with Crippen molar-refractivity contribution in [3.63, 3.8) is 0 Å². The lowest BCUT2D eigenvalue weighted by atomic mass is 9.92. The molecule has 0 aromatic heterocycles. The van der Waals surface area contributed by atoms with Crippen molar-refractivity contribution in [2.75, 3.05) is 13.2 Å². The van der Waals surface area contributed by atoms with Crippen molar-refractivity contribution >= 4 is 0 Å². The van der Waals surface area contributed by atoms with E-state index < -0.39 is 0 Å². The molecule has 162 valence electrons. The van der Waals surface area contributed by atoms with Gasteiger partial charge in [0.15, 0.2) is 0 Å². The zero-order valence-corrected chi connectivity index (χ0v) is 19.0. The first-order valence-corrected chi connectivity index (χ1v) is 10.9. The molecule has 0 heterocycles. The molecule has 0 bridgehead atoms. The van der Waals surface area contributed by atoms with Crippen LogP contribution in [0, 0.1) is 5.92 Å². The molecule has 1 aliphatic rings. The molecule has 0 spiro atoms. The largest absolute Gasteiger partial charge is 0.508 e. The van der Waals surface area contributed by atoms with Crippen molar-refractivity contribution < 1.29 is 14.9 Å². The number of ether oxygens (including phenoxy) is 1. The van der Waals surface area contributed by atoms with Crippen LogP contribution in [0.2, 0.25) is 0 Å². The molecule has 3 nitrogen and oxygen atoms in total. The van der Waals surface area contributed by atoms with E-state index in [1.54, 1.807) is 0 Å². The molecule has 0 fully saturated rings. The van der Waals surface area contributed by atoms with E-state index in [1.165, 1.54) is 16.7 Å². The molecule has 0 saturated carbocycles. The molecule has 0 radical (unpaired) electrons. The Morgan fingerprint density at radius 1 is 1.31 bits per heavy atom. The monoisotopic (exact) mass is 400 g/mol. The van der Waals surface area contributed by atoms with Gasteiger partial charge >= 0.3 is 0 Å². The lowest BCUT2D eigenvalue weighted by Gasteiger charge is -2.14. The van der Waals surface area contributed by atoms with Crippen molar-refractivity contribution in [1.29, 1.82) is 0 Å². The maximum absolute atomic E-state index is 10.4. The van der Waals surface area contributed by atoms with Gasteiger partial charge in [-0.25, -0.2) is 0 Å². The molecule has 0 aromatic rings. The number of hydrogen-bond donors (Lipinski definition) is 2. The number of hydrogen-bond acceptors (Lipinski definition) is 3. The van der Waals surface area contributed by atoms with Gasteiger partial charge in [-0.15, -0.1) is 0 Å². The van der Waals surface area contributed by atoms with E-state index in [4.69, 9.17) is 9.84 Å². The third-order valence-corrected chi connectivity index (χ3v) is 5.57. The molecule has 0 aliphatic heterocycles. The van der Waals surface area contributed by atoms with E-state index in [-0.39, 0.29) is 12.7 Å². The standard InChI is InChI=1S/C26H40O3/c1-7-20(5)24(9-3)26(28)12-10-11-19(4)17-25-21(6)18-23(29-16-15-27)14-13-22(25)8-2/h10,12-14,18,20,23,27-28H,4,7-9,11,15-17H2,1-3,5-6H3/b12-10+,26-24-. The van der Waals surface area contributed by atoms with E-state index in [0.29, 0.717) is 18.3 Å². The SMILES string of the molecule is C=C(C/C=C/C(O)=C(\CC)C(C)CC)CC1=C(CC)C=CC(OCCO)C=C1C. The van der Waals surface area contributed by atoms with Crippen molar-refractivity contribution in [3.8, 4) is 0 Å². The topological polar surface area (TPSA) is 49.7 Å². The van der Waals surface area contributed by atoms with Gasteiger partial charge in [-0.05, 0) is 79.4 Å². The van der Waals surface area contributed by atoms with Gasteiger partial charge in [0.05, 0.1) is 19.3 Å². The summed E-state index contributed by atoms with van der Waals surface area (Å²) in [6, 6.07) is 0. The van der Waals surface area contributed by atoms with Crippen LogP contribution in [0.1, 0.15) is 66.7 Å². The molecular formula is C26H40O3. The van der Waals surface area contributed by atoms with Crippen LogP contribution in [-0.2, 0) is 4.74 Å². The summed E-state index contributed by atoms with van der Waals surface area (Å²) in [6.45, 7) is 15.3. The molecule has 1 aliphatic carbocycles. The van der Waals surface area contributed by atoms with Crippen LogP contribution in [0.3, 0.4) is 0 Å². The quantitative estimate of drug-likeness (QED) is 0.216. The zero-order chi connectivity index (χ0) is 21.8. The van der Waals surface area contributed by atoms with Gasteiger partial charge < -0.3 is 14.9 Å². The van der Waals surface area contributed by atoms with Crippen molar-refractivity contribution in [1.82, 2.24) is 0 Å². The second-order valence-corrected chi connectivity index (χ2v) is 7.73. The third kappa shape index (κ3) is 8.20. The van der Waals surface area contributed by atoms with Crippen LogP contribution >= 0.6 is 0 Å². The van der Waals surface area contributed by atoms with Gasteiger partial charge in [0, 0.05) is 0 Å². The van der Waals surface area contributed by atoms with Crippen LogP contribution in [-0.4, -0.2) is 29.5 Å². The van der Waals surface area contributed by atoms with Gasteiger partial charge in [0.1, 0.15) is 5.76 Å². The summed E-state index contributed by atoms with van der Waals surface area (Å²) < 4.78 is 5.68. The van der Waals surface area contributed by atoms with E-state index in [1.807, 2.05) is 12.2 Å². The maximum atomic E-state index is 10.4. The fourth-order valence-electron chi connectivity index (χ4n) is 3.64. The summed E-state index contributed by atoms with van der Waals surface area (Å²) in [6.07, 6.45) is 14.4. The molecule has 2 unspecified atom stereocenters. The van der Waals surface area contributed by atoms with E-state index in [9.17, 15) is 5.11 Å². The molecule has 29 heavy (non-hydrogen) atoms. The fraction of sp³-hybridized carbons (Fsp3) is 0.538. The number of rotatable bonds is 12. The Morgan fingerprint density at radius 3 is 2.62 bits per heavy atom. The van der Waals surface area contributed by atoms with Crippen molar-refractivity contribution in [2.45, 2.75) is 72.8 Å². The van der Waals surface area contributed by atoms with Gasteiger partial charge in [-0.1, -0.05) is 58.1 Å². The summed E-state index contributed by atoms with van der Waals surface area (Å²) >= 11 is 0. The molecule has 2 N–H and O–H groups in total. The average Bonchev–Trinajstić information content (AvgIpc) is 2.85. The Labute approximate surface area is 177 Å². The third-order valence-electron chi connectivity index (χ3n) is 5.57. The molecule has 3 heteroatoms. The summed E-state index contributed by atoms with van der Waals surface area (Å²) in [4.78, 5) is 0. The van der Waals surface area contributed by atoms with Gasteiger partial charge in [-0.2, -0.15) is 0 Å². The second-order valence-electron chi connectivity index (χ2n) is 7.73. The fourth-order valence-corrected chi connectivity index (χ4v) is 3.64. The zero-order valence-electron chi connectivity index (χ0n) is 19.0. The number of allylic oxidation sites excluding steroid dienone is 8. The predicted octanol–water partition coefficient (Wildman–Crippen LogP) is 6.75. The number of aliphatic hydroxyl groups excluding tert-OH is 2. The normalized spacial score (nSPS) is 19.2. The Hall–Kier alpha value is -1.84. The van der Waals surface area contributed by atoms with E-state index in [0.717, 1.165) is 43.3 Å². The first-order valence-electron chi connectivity index (χ1n) is 10.9. The highest BCUT2D eigenvalue weighted by atomic mass is 16.5. The summed E-state index contributed by atoms with van der Waals surface area (Å²) in [5.41, 5.74) is 6.03. The Kier molecular flexibility index (Phi) is 11.6. The average molecular weight is 401 g/mol. The second kappa shape index (κ2) is 13.4. The number of aliphatic hydroxyl groups is 2. The Balaban J connectivity index is 2.85. The molecule has 1 rings (SSSR count). The minimum absolute atomic E-state index is 0.0271. The van der Waals surface area contributed by atoms with Gasteiger partial charge in [0.25, 0.3) is 0 Å². The Bertz CT molecular complexity index is 689. The van der Waals surface area contributed by atoms with E-state index in [2.05, 4.69) is 59.4 Å². The van der Waals surface area contributed by atoms with Crippen molar-refractivity contribution in [3.05, 3.63) is 70.6 Å². The summed E-state index contributed by atoms with van der Waals surface area (Å²) in [5, 5.41) is 19.4. The van der Waals surface area contributed by atoms with Gasteiger partial charge in [-0.3, -0.25) is 0 Å².